The minimum absolute atomic E-state index is 0.0633. The van der Waals surface area contributed by atoms with Crippen LogP contribution in [0.4, 0.5) is 4.39 Å². The minimum atomic E-state index is -0.519. The summed E-state index contributed by atoms with van der Waals surface area (Å²) in [6, 6.07) is 10.9. The Hall–Kier alpha value is -2.24. The van der Waals surface area contributed by atoms with Crippen LogP contribution in [0.5, 0.6) is 0 Å². The fourth-order valence-electron chi connectivity index (χ4n) is 7.50. The summed E-state index contributed by atoms with van der Waals surface area (Å²) in [5.74, 6) is 0.431. The van der Waals surface area contributed by atoms with Crippen molar-refractivity contribution in [2.45, 2.75) is 50.2 Å². The molecule has 6 rings (SSSR count). The monoisotopic (exact) mass is 453 g/mol. The third-order valence-electron chi connectivity index (χ3n) is 8.89. The van der Waals surface area contributed by atoms with Gasteiger partial charge in [-0.25, -0.2) is 4.39 Å². The second-order valence-corrected chi connectivity index (χ2v) is 10.7. The summed E-state index contributed by atoms with van der Waals surface area (Å²) in [7, 11) is 0. The van der Waals surface area contributed by atoms with Gasteiger partial charge in [0.1, 0.15) is 5.82 Å². The lowest BCUT2D eigenvalue weighted by Gasteiger charge is -2.55. The van der Waals surface area contributed by atoms with Gasteiger partial charge in [0.15, 0.2) is 5.78 Å². The molecule has 0 heterocycles. The normalized spacial score (nSPS) is 36.0. The third kappa shape index (κ3) is 2.77. The number of carbonyl (C=O) groups is 2. The molecule has 3 bridgehead atoms. The lowest BCUT2D eigenvalue weighted by molar-refractivity contribution is -0.176. The smallest absolute Gasteiger partial charge is 0.253 e. The van der Waals surface area contributed by atoms with E-state index in [1.54, 1.807) is 30.3 Å². The van der Waals surface area contributed by atoms with Crippen LogP contribution in [0.15, 0.2) is 42.5 Å². The van der Waals surface area contributed by atoms with E-state index in [2.05, 4.69) is 5.32 Å². The van der Waals surface area contributed by atoms with Crippen molar-refractivity contribution in [1.82, 2.24) is 5.32 Å². The van der Waals surface area contributed by atoms with Crippen molar-refractivity contribution >= 4 is 23.3 Å². The second-order valence-electron chi connectivity index (χ2n) is 10.3. The van der Waals surface area contributed by atoms with Gasteiger partial charge >= 0.3 is 0 Å². The zero-order valence-electron chi connectivity index (χ0n) is 17.6. The first-order valence-electron chi connectivity index (χ1n) is 11.4. The summed E-state index contributed by atoms with van der Waals surface area (Å²) in [6.45, 7) is 0. The maximum Gasteiger partial charge on any atom is 0.253 e. The summed E-state index contributed by atoms with van der Waals surface area (Å²) in [5, 5.41) is 14.5. The topological polar surface area (TPSA) is 66.4 Å². The van der Waals surface area contributed by atoms with E-state index < -0.39 is 11.4 Å². The molecule has 4 aliphatic rings. The number of rotatable bonds is 5. The highest BCUT2D eigenvalue weighted by Gasteiger charge is 2.76. The van der Waals surface area contributed by atoms with Crippen LogP contribution in [0.1, 0.15) is 58.4 Å². The van der Waals surface area contributed by atoms with Gasteiger partial charge in [0.25, 0.3) is 5.91 Å². The van der Waals surface area contributed by atoms with E-state index in [1.807, 2.05) is 0 Å². The molecule has 0 radical (unpaired) electrons. The predicted octanol–water partition coefficient (Wildman–Crippen LogP) is 4.57. The van der Waals surface area contributed by atoms with Crippen LogP contribution in [-0.4, -0.2) is 28.4 Å². The molecule has 4 unspecified atom stereocenters. The van der Waals surface area contributed by atoms with Crippen molar-refractivity contribution in [3.05, 3.63) is 70.0 Å². The molecule has 0 aromatic heterocycles. The van der Waals surface area contributed by atoms with Crippen LogP contribution in [0.2, 0.25) is 5.02 Å². The number of benzene rings is 2. The molecule has 4 nitrogen and oxygen atoms in total. The van der Waals surface area contributed by atoms with E-state index in [1.165, 1.54) is 12.1 Å². The van der Waals surface area contributed by atoms with E-state index >= 15 is 0 Å². The highest BCUT2D eigenvalue weighted by molar-refractivity contribution is 6.34. The zero-order valence-corrected chi connectivity index (χ0v) is 18.4. The van der Waals surface area contributed by atoms with Crippen LogP contribution in [-0.2, 0) is 6.42 Å². The molecule has 166 valence electrons. The van der Waals surface area contributed by atoms with Gasteiger partial charge in [-0.05, 0) is 73.6 Å². The summed E-state index contributed by atoms with van der Waals surface area (Å²) >= 11 is 6.40. The van der Waals surface area contributed by atoms with E-state index in [0.717, 1.165) is 32.1 Å². The lowest BCUT2D eigenvalue weighted by Crippen LogP contribution is -2.57. The molecule has 0 saturated heterocycles. The van der Waals surface area contributed by atoms with Crippen LogP contribution in [0.25, 0.3) is 0 Å². The molecule has 1 amide bonds. The minimum Gasteiger partial charge on any atom is -0.389 e. The van der Waals surface area contributed by atoms with Crippen LogP contribution >= 0.6 is 11.6 Å². The Balaban J connectivity index is 1.17. The molecule has 2 aromatic carbocycles. The standard InChI is InChI=1S/C26H25ClFNO3/c27-20-8-15(22(30)9-14-3-1-2-4-21(14)28)5-6-19(20)24(31)29-23-16-7-18-13-26(32)12-17(23)11-25(18,26)10-16/h1-6,8,16-18,23,32H,7,9-13H2,(H,29,31)/t16?,17?,18?,23-,25?,26-/m0/s1. The van der Waals surface area contributed by atoms with E-state index in [-0.39, 0.29) is 34.6 Å². The SMILES string of the molecule is O=C(Cc1ccccc1F)c1ccc(C(=O)N[C@H]2C3CC4C[C@@]5(O)CC2CC45C3)c(Cl)c1. The van der Waals surface area contributed by atoms with Gasteiger partial charge in [0.2, 0.25) is 0 Å². The molecule has 2 N–H and O–H groups in total. The average molecular weight is 454 g/mol. The van der Waals surface area contributed by atoms with E-state index in [9.17, 15) is 19.1 Å². The number of hydrogen-bond donors (Lipinski definition) is 2. The number of ketones is 1. The molecular weight excluding hydrogens is 429 g/mol. The van der Waals surface area contributed by atoms with Gasteiger partial charge in [0, 0.05) is 23.4 Å². The van der Waals surface area contributed by atoms with Crippen molar-refractivity contribution in [3.8, 4) is 0 Å². The maximum absolute atomic E-state index is 13.9. The van der Waals surface area contributed by atoms with Gasteiger partial charge in [-0.2, -0.15) is 0 Å². The molecule has 4 saturated carbocycles. The van der Waals surface area contributed by atoms with Gasteiger partial charge in [-0.15, -0.1) is 0 Å². The van der Waals surface area contributed by atoms with Crippen molar-refractivity contribution in [3.63, 3.8) is 0 Å². The molecule has 32 heavy (non-hydrogen) atoms. The van der Waals surface area contributed by atoms with Crippen molar-refractivity contribution in [2.75, 3.05) is 0 Å². The Morgan fingerprint density at radius 1 is 1.09 bits per heavy atom. The van der Waals surface area contributed by atoms with Gasteiger partial charge in [0.05, 0.1) is 16.2 Å². The number of halogens is 2. The fourth-order valence-corrected chi connectivity index (χ4v) is 7.77. The predicted molar refractivity (Wildman–Crippen MR) is 118 cm³/mol. The number of carbonyl (C=O) groups excluding carboxylic acids is 2. The van der Waals surface area contributed by atoms with Crippen molar-refractivity contribution in [1.29, 1.82) is 0 Å². The average Bonchev–Trinajstić information content (AvgIpc) is 3.12. The summed E-state index contributed by atoms with van der Waals surface area (Å²) in [5.41, 5.74) is 0.615. The molecule has 4 aliphatic carbocycles. The molecule has 6 heteroatoms. The highest BCUT2D eigenvalue weighted by Crippen LogP contribution is 2.77. The van der Waals surface area contributed by atoms with Crippen LogP contribution in [0, 0.1) is 29.0 Å². The molecule has 2 aromatic rings. The number of Topliss-reactive ketones (excluding diaryl/α,β-unsaturated/α-hetero) is 1. The van der Waals surface area contributed by atoms with Crippen LogP contribution in [0.3, 0.4) is 0 Å². The molecule has 1 spiro atoms. The highest BCUT2D eigenvalue weighted by atomic mass is 35.5. The molecular formula is C26H25ClFNO3. The van der Waals surface area contributed by atoms with Crippen molar-refractivity contribution in [2.24, 2.45) is 23.2 Å². The molecule has 6 atom stereocenters. The Bertz CT molecular complexity index is 1150. The first-order valence-corrected chi connectivity index (χ1v) is 11.8. The number of hydrogen-bond acceptors (Lipinski definition) is 3. The second kappa shape index (κ2) is 6.88. The maximum atomic E-state index is 13.9. The third-order valence-corrected chi connectivity index (χ3v) is 9.20. The Kier molecular flexibility index (Phi) is 4.38. The van der Waals surface area contributed by atoms with E-state index in [0.29, 0.717) is 34.4 Å². The number of nitrogens with one attached hydrogen (secondary N) is 1. The lowest BCUT2D eigenvalue weighted by atomic mass is 9.53. The van der Waals surface area contributed by atoms with Gasteiger partial charge in [-0.1, -0.05) is 35.9 Å². The van der Waals surface area contributed by atoms with Gasteiger partial charge in [-0.3, -0.25) is 9.59 Å². The fraction of sp³-hybridized carbons (Fsp3) is 0.462. The van der Waals surface area contributed by atoms with Crippen molar-refractivity contribution < 1.29 is 19.1 Å². The first-order chi connectivity index (χ1) is 15.3. The van der Waals surface area contributed by atoms with E-state index in [4.69, 9.17) is 11.6 Å². The Morgan fingerprint density at radius 2 is 1.88 bits per heavy atom. The quantitative estimate of drug-likeness (QED) is 0.651. The zero-order chi connectivity index (χ0) is 22.3. The number of aliphatic hydroxyl groups is 1. The Morgan fingerprint density at radius 3 is 2.66 bits per heavy atom. The summed E-state index contributed by atoms with van der Waals surface area (Å²) < 4.78 is 13.9. The number of amides is 1. The number of fused-ring (bicyclic) bond motifs is 2. The summed E-state index contributed by atoms with van der Waals surface area (Å²) in [6.07, 6.45) is 4.74. The molecule has 0 aliphatic heterocycles. The first kappa shape index (κ1) is 20.4. The molecule has 4 fully saturated rings. The Labute approximate surface area is 191 Å². The largest absolute Gasteiger partial charge is 0.389 e. The van der Waals surface area contributed by atoms with Crippen LogP contribution < -0.4 is 5.32 Å². The summed E-state index contributed by atoms with van der Waals surface area (Å²) in [4.78, 5) is 25.7. The van der Waals surface area contributed by atoms with Gasteiger partial charge < -0.3 is 10.4 Å².